The van der Waals surface area contributed by atoms with Gasteiger partial charge >= 0.3 is 0 Å². The monoisotopic (exact) mass is 328 g/mol. The van der Waals surface area contributed by atoms with Gasteiger partial charge in [0.25, 0.3) is 0 Å². The maximum atomic E-state index is 13.5. The highest BCUT2D eigenvalue weighted by atomic mass is 19.1. The predicted octanol–water partition coefficient (Wildman–Crippen LogP) is 1.57. The highest BCUT2D eigenvalue weighted by molar-refractivity contribution is 5.57. The zero-order chi connectivity index (χ0) is 16.4. The van der Waals surface area contributed by atoms with Crippen LogP contribution in [0.4, 0.5) is 4.39 Å². The summed E-state index contributed by atoms with van der Waals surface area (Å²) < 4.78 is 15.1. The van der Waals surface area contributed by atoms with Crippen LogP contribution in [-0.4, -0.2) is 38.5 Å². The minimum Gasteiger partial charge on any atom is -0.388 e. The number of aromatic nitrogens is 4. The van der Waals surface area contributed by atoms with E-state index in [1.54, 1.807) is 28.9 Å². The molecule has 124 valence electrons. The van der Waals surface area contributed by atoms with E-state index in [-0.39, 0.29) is 11.9 Å². The van der Waals surface area contributed by atoms with Gasteiger partial charge in [0, 0.05) is 25.0 Å². The second-order valence-corrected chi connectivity index (χ2v) is 5.70. The number of hydrogen-bond donors (Lipinski definition) is 2. The van der Waals surface area contributed by atoms with Crippen LogP contribution in [0.1, 0.15) is 12.8 Å². The molecular formula is C16H17FN6O. The molecule has 0 spiro atoms. The van der Waals surface area contributed by atoms with Crippen LogP contribution >= 0.6 is 0 Å². The van der Waals surface area contributed by atoms with Crippen LogP contribution in [0.15, 0.2) is 36.8 Å². The Balaban J connectivity index is 1.56. The minimum absolute atomic E-state index is 0.252. The third-order valence-corrected chi connectivity index (χ3v) is 3.96. The van der Waals surface area contributed by atoms with E-state index in [2.05, 4.69) is 25.7 Å². The predicted molar refractivity (Wildman–Crippen MR) is 85.8 cm³/mol. The molecule has 0 unspecified atom stereocenters. The molecule has 1 aliphatic heterocycles. The highest BCUT2D eigenvalue weighted by Crippen LogP contribution is 2.19. The van der Waals surface area contributed by atoms with E-state index >= 15 is 0 Å². The van der Waals surface area contributed by atoms with Gasteiger partial charge in [-0.05, 0) is 31.5 Å². The summed E-state index contributed by atoms with van der Waals surface area (Å²) in [7, 11) is 0. The van der Waals surface area contributed by atoms with Crippen molar-refractivity contribution < 1.29 is 9.23 Å². The van der Waals surface area contributed by atoms with Gasteiger partial charge in [-0.1, -0.05) is 0 Å². The van der Waals surface area contributed by atoms with E-state index in [1.165, 1.54) is 12.3 Å². The third kappa shape index (κ3) is 3.06. The lowest BCUT2D eigenvalue weighted by Crippen LogP contribution is -2.44. The van der Waals surface area contributed by atoms with Crippen LogP contribution in [-0.2, 0) is 0 Å². The summed E-state index contributed by atoms with van der Waals surface area (Å²) in [5.74, 6) is 0.492. The fourth-order valence-corrected chi connectivity index (χ4v) is 2.74. The second kappa shape index (κ2) is 6.50. The number of rotatable bonds is 4. The fraction of sp³-hybridized carbons (Fsp3) is 0.312. The highest BCUT2D eigenvalue weighted by Gasteiger charge is 2.14. The smallest absolute Gasteiger partial charge is 0.241 e. The largest absolute Gasteiger partial charge is 0.388 e. The summed E-state index contributed by atoms with van der Waals surface area (Å²) in [5.41, 5.74) is 4.26. The van der Waals surface area contributed by atoms with Gasteiger partial charge in [-0.15, -0.1) is 0 Å². The molecule has 2 N–H and O–H groups in total. The Morgan fingerprint density at radius 3 is 3.12 bits per heavy atom. The molecule has 0 radical (unpaired) electrons. The fourth-order valence-electron chi connectivity index (χ4n) is 2.74. The zero-order valence-corrected chi connectivity index (χ0v) is 12.9. The molecule has 8 heteroatoms. The first kappa shape index (κ1) is 15.0. The van der Waals surface area contributed by atoms with Crippen LogP contribution in [0.2, 0.25) is 0 Å². The molecule has 24 heavy (non-hydrogen) atoms. The Morgan fingerprint density at radius 1 is 1.29 bits per heavy atom. The maximum Gasteiger partial charge on any atom is 0.241 e. The first-order valence-electron chi connectivity index (χ1n) is 7.89. The van der Waals surface area contributed by atoms with Gasteiger partial charge in [0.15, 0.2) is 5.82 Å². The van der Waals surface area contributed by atoms with Crippen LogP contribution < -0.4 is 15.6 Å². The van der Waals surface area contributed by atoms with Crippen molar-refractivity contribution in [3.63, 3.8) is 0 Å². The summed E-state index contributed by atoms with van der Waals surface area (Å²) in [6, 6.07) is 4.91. The molecule has 1 atom stereocenters. The number of pyridine rings is 1. The number of hydroxylamine groups is 1. The Hall–Kier alpha value is -2.58. The van der Waals surface area contributed by atoms with E-state index < -0.39 is 0 Å². The van der Waals surface area contributed by atoms with Gasteiger partial charge in [0.2, 0.25) is 5.88 Å². The molecule has 7 nitrogen and oxygen atoms in total. The van der Waals surface area contributed by atoms with Crippen molar-refractivity contribution in [3.05, 3.63) is 42.6 Å². The molecule has 0 bridgehead atoms. The summed E-state index contributed by atoms with van der Waals surface area (Å²) >= 11 is 0. The number of halogens is 1. The van der Waals surface area contributed by atoms with Crippen LogP contribution in [0.25, 0.3) is 17.2 Å². The van der Waals surface area contributed by atoms with E-state index in [0.717, 1.165) is 25.9 Å². The zero-order valence-electron chi connectivity index (χ0n) is 12.9. The SMILES string of the molecule is Fc1ccc2ncc(-c3nccc(ON[C@@H]4CCCNC4)n3)n2c1. The molecule has 1 aliphatic rings. The van der Waals surface area contributed by atoms with E-state index in [1.807, 2.05) is 0 Å². The second-order valence-electron chi connectivity index (χ2n) is 5.70. The lowest BCUT2D eigenvalue weighted by molar-refractivity contribution is 0.133. The third-order valence-electron chi connectivity index (χ3n) is 3.96. The quantitative estimate of drug-likeness (QED) is 0.708. The van der Waals surface area contributed by atoms with Crippen LogP contribution in [0.5, 0.6) is 5.88 Å². The molecule has 4 heterocycles. The topological polar surface area (TPSA) is 76.4 Å². The lowest BCUT2D eigenvalue weighted by atomic mass is 10.1. The average Bonchev–Trinajstić information content (AvgIpc) is 3.04. The van der Waals surface area contributed by atoms with Crippen molar-refractivity contribution in [1.82, 2.24) is 30.1 Å². The van der Waals surface area contributed by atoms with E-state index in [0.29, 0.717) is 23.0 Å². The van der Waals surface area contributed by atoms with Gasteiger partial charge in [-0.25, -0.2) is 14.4 Å². The number of hydrogen-bond acceptors (Lipinski definition) is 6. The molecule has 1 fully saturated rings. The molecule has 3 aromatic rings. The van der Waals surface area contributed by atoms with Gasteiger partial charge < -0.3 is 10.2 Å². The van der Waals surface area contributed by atoms with Crippen molar-refractivity contribution in [2.24, 2.45) is 0 Å². The average molecular weight is 328 g/mol. The number of nitrogens with one attached hydrogen (secondary N) is 2. The van der Waals surface area contributed by atoms with Crippen molar-refractivity contribution in [2.45, 2.75) is 18.9 Å². The first-order chi connectivity index (χ1) is 11.8. The number of imidazole rings is 1. The standard InChI is InChI=1S/C16H17FN6O/c17-11-3-4-14-20-9-13(23(14)10-11)16-19-7-5-15(21-16)24-22-12-2-1-6-18-8-12/h3-5,7,9-10,12,18,22H,1-2,6,8H2/t12-/m1/s1. The molecule has 0 aliphatic carbocycles. The van der Waals surface area contributed by atoms with Crippen LogP contribution in [0, 0.1) is 5.82 Å². The molecule has 0 saturated carbocycles. The lowest BCUT2D eigenvalue weighted by Gasteiger charge is -2.23. The number of fused-ring (bicyclic) bond motifs is 1. The van der Waals surface area contributed by atoms with Crippen molar-refractivity contribution in [2.75, 3.05) is 13.1 Å². The maximum absolute atomic E-state index is 13.5. The molecule has 0 amide bonds. The summed E-state index contributed by atoms with van der Waals surface area (Å²) in [5, 5.41) is 3.31. The number of nitrogens with zero attached hydrogens (tertiary/aromatic N) is 4. The summed E-state index contributed by atoms with van der Waals surface area (Å²) in [4.78, 5) is 18.4. The van der Waals surface area contributed by atoms with Gasteiger partial charge in [0.1, 0.15) is 17.2 Å². The number of piperidine rings is 1. The van der Waals surface area contributed by atoms with Gasteiger partial charge in [-0.3, -0.25) is 4.40 Å². The Bertz CT molecular complexity index is 845. The molecule has 4 rings (SSSR count). The van der Waals surface area contributed by atoms with E-state index in [4.69, 9.17) is 4.84 Å². The van der Waals surface area contributed by atoms with Crippen molar-refractivity contribution in [1.29, 1.82) is 0 Å². The normalized spacial score (nSPS) is 18.0. The Morgan fingerprint density at radius 2 is 2.25 bits per heavy atom. The molecule has 3 aromatic heterocycles. The summed E-state index contributed by atoms with van der Waals surface area (Å²) in [6.07, 6.45) is 6.75. The Labute approximate surface area is 137 Å². The summed E-state index contributed by atoms with van der Waals surface area (Å²) in [6.45, 7) is 1.91. The van der Waals surface area contributed by atoms with Crippen LogP contribution in [0.3, 0.4) is 0 Å². The Kier molecular flexibility index (Phi) is 4.06. The first-order valence-corrected chi connectivity index (χ1v) is 7.89. The van der Waals surface area contributed by atoms with Crippen molar-refractivity contribution >= 4 is 5.65 Å². The molecule has 1 saturated heterocycles. The van der Waals surface area contributed by atoms with Gasteiger partial charge in [-0.2, -0.15) is 10.5 Å². The van der Waals surface area contributed by atoms with E-state index in [9.17, 15) is 4.39 Å². The van der Waals surface area contributed by atoms with Gasteiger partial charge in [0.05, 0.1) is 12.2 Å². The molecule has 0 aromatic carbocycles. The minimum atomic E-state index is -0.347. The molecular weight excluding hydrogens is 311 g/mol. The van der Waals surface area contributed by atoms with Crippen molar-refractivity contribution in [3.8, 4) is 17.4 Å².